The van der Waals surface area contributed by atoms with E-state index in [4.69, 9.17) is 0 Å². The van der Waals surface area contributed by atoms with Crippen LogP contribution in [-0.4, -0.2) is 30.8 Å². The first-order valence-corrected chi connectivity index (χ1v) is 7.10. The Morgan fingerprint density at radius 3 is 2.47 bits per heavy atom. The van der Waals surface area contributed by atoms with Crippen molar-refractivity contribution in [3.05, 3.63) is 29.3 Å². The van der Waals surface area contributed by atoms with E-state index >= 15 is 0 Å². The first-order chi connectivity index (χ1) is 8.81. The number of amides is 1. The molecule has 0 aromatic heterocycles. The van der Waals surface area contributed by atoms with Crippen molar-refractivity contribution in [3.63, 3.8) is 0 Å². The SMILES string of the molecule is COC(=O)C(C)(C)NC(=O)c1cc(SC)ccc1C. The van der Waals surface area contributed by atoms with E-state index in [1.807, 2.05) is 31.4 Å². The van der Waals surface area contributed by atoms with Crippen LogP contribution in [0.5, 0.6) is 0 Å². The van der Waals surface area contributed by atoms with Gasteiger partial charge < -0.3 is 10.1 Å². The maximum atomic E-state index is 12.2. The fourth-order valence-electron chi connectivity index (χ4n) is 1.63. The molecule has 104 valence electrons. The second kappa shape index (κ2) is 6.10. The highest BCUT2D eigenvalue weighted by atomic mass is 32.2. The molecular weight excluding hydrogens is 262 g/mol. The highest BCUT2D eigenvalue weighted by Crippen LogP contribution is 2.19. The molecule has 0 radical (unpaired) electrons. The molecule has 0 saturated carbocycles. The lowest BCUT2D eigenvalue weighted by Crippen LogP contribution is -2.50. The van der Waals surface area contributed by atoms with E-state index in [1.165, 1.54) is 7.11 Å². The molecule has 1 N–H and O–H groups in total. The number of carbonyl (C=O) groups is 2. The van der Waals surface area contributed by atoms with Gasteiger partial charge in [-0.05, 0) is 44.7 Å². The minimum atomic E-state index is -1.05. The number of aryl methyl sites for hydroxylation is 1. The third-order valence-corrected chi connectivity index (χ3v) is 3.54. The van der Waals surface area contributed by atoms with E-state index in [1.54, 1.807) is 25.6 Å². The van der Waals surface area contributed by atoms with Gasteiger partial charge in [0, 0.05) is 10.5 Å². The van der Waals surface area contributed by atoms with Gasteiger partial charge in [-0.15, -0.1) is 11.8 Å². The van der Waals surface area contributed by atoms with Crippen LogP contribution in [0.4, 0.5) is 0 Å². The van der Waals surface area contributed by atoms with Crippen molar-refractivity contribution in [2.45, 2.75) is 31.2 Å². The van der Waals surface area contributed by atoms with Crippen LogP contribution in [-0.2, 0) is 9.53 Å². The molecule has 0 fully saturated rings. The normalized spacial score (nSPS) is 11.0. The maximum absolute atomic E-state index is 12.2. The van der Waals surface area contributed by atoms with Gasteiger partial charge in [0.15, 0.2) is 0 Å². The Labute approximate surface area is 117 Å². The largest absolute Gasteiger partial charge is 0.467 e. The van der Waals surface area contributed by atoms with Crippen LogP contribution in [0.3, 0.4) is 0 Å². The van der Waals surface area contributed by atoms with Crippen molar-refractivity contribution in [1.29, 1.82) is 0 Å². The van der Waals surface area contributed by atoms with Crippen LogP contribution < -0.4 is 5.32 Å². The molecule has 0 aliphatic carbocycles. The van der Waals surface area contributed by atoms with Gasteiger partial charge >= 0.3 is 5.97 Å². The Morgan fingerprint density at radius 1 is 1.32 bits per heavy atom. The summed E-state index contributed by atoms with van der Waals surface area (Å²) in [5, 5.41) is 2.69. The third-order valence-electron chi connectivity index (χ3n) is 2.81. The first kappa shape index (κ1) is 15.6. The lowest BCUT2D eigenvalue weighted by Gasteiger charge is -2.23. The number of hydrogen-bond acceptors (Lipinski definition) is 4. The average molecular weight is 281 g/mol. The fraction of sp³-hybridized carbons (Fsp3) is 0.429. The molecule has 0 heterocycles. The van der Waals surface area contributed by atoms with E-state index in [9.17, 15) is 9.59 Å². The van der Waals surface area contributed by atoms with Crippen molar-refractivity contribution in [1.82, 2.24) is 5.32 Å². The second-order valence-corrected chi connectivity index (χ2v) is 5.63. The average Bonchev–Trinajstić information content (AvgIpc) is 2.37. The van der Waals surface area contributed by atoms with Gasteiger partial charge in [0.05, 0.1) is 7.11 Å². The number of methoxy groups -OCH3 is 1. The number of ether oxygens (including phenoxy) is 1. The quantitative estimate of drug-likeness (QED) is 0.680. The number of thioether (sulfide) groups is 1. The number of rotatable bonds is 4. The molecule has 0 atom stereocenters. The Morgan fingerprint density at radius 2 is 1.95 bits per heavy atom. The molecular formula is C14H19NO3S. The van der Waals surface area contributed by atoms with Crippen molar-refractivity contribution in [3.8, 4) is 0 Å². The van der Waals surface area contributed by atoms with E-state index < -0.39 is 11.5 Å². The zero-order chi connectivity index (χ0) is 14.6. The molecule has 0 saturated heterocycles. The summed E-state index contributed by atoms with van der Waals surface area (Å²) in [6.45, 7) is 5.10. The number of hydrogen-bond donors (Lipinski definition) is 1. The Bertz CT molecular complexity index is 497. The topological polar surface area (TPSA) is 55.4 Å². The Kier molecular flexibility index (Phi) is 5.00. The molecule has 5 heteroatoms. The lowest BCUT2D eigenvalue weighted by atomic mass is 10.0. The van der Waals surface area contributed by atoms with Crippen LogP contribution in [0, 0.1) is 6.92 Å². The highest BCUT2D eigenvalue weighted by Gasteiger charge is 2.31. The minimum Gasteiger partial charge on any atom is -0.467 e. The molecule has 1 aromatic carbocycles. The summed E-state index contributed by atoms with van der Waals surface area (Å²) in [6, 6.07) is 5.68. The van der Waals surface area contributed by atoms with Gasteiger partial charge in [0.1, 0.15) is 5.54 Å². The highest BCUT2D eigenvalue weighted by molar-refractivity contribution is 7.98. The standard InChI is InChI=1S/C14H19NO3S/c1-9-6-7-10(19-5)8-11(9)12(16)15-14(2,3)13(17)18-4/h6-8H,1-5H3,(H,15,16). The van der Waals surface area contributed by atoms with E-state index in [2.05, 4.69) is 10.1 Å². The van der Waals surface area contributed by atoms with Gasteiger partial charge in [0.2, 0.25) is 0 Å². The van der Waals surface area contributed by atoms with Gasteiger partial charge in [-0.1, -0.05) is 6.07 Å². The predicted molar refractivity (Wildman–Crippen MR) is 76.5 cm³/mol. The summed E-state index contributed by atoms with van der Waals surface area (Å²) in [5.74, 6) is -0.747. The number of benzene rings is 1. The Balaban J connectivity index is 2.98. The van der Waals surface area contributed by atoms with Crippen LogP contribution in [0.15, 0.2) is 23.1 Å². The van der Waals surface area contributed by atoms with Gasteiger partial charge in [-0.2, -0.15) is 0 Å². The first-order valence-electron chi connectivity index (χ1n) is 5.87. The molecule has 4 nitrogen and oxygen atoms in total. The fourth-order valence-corrected chi connectivity index (χ4v) is 2.07. The molecule has 0 unspecified atom stereocenters. The number of carbonyl (C=O) groups excluding carboxylic acids is 2. The summed E-state index contributed by atoms with van der Waals surface area (Å²) >= 11 is 1.57. The minimum absolute atomic E-state index is 0.274. The molecule has 0 spiro atoms. The second-order valence-electron chi connectivity index (χ2n) is 4.75. The van der Waals surface area contributed by atoms with E-state index in [-0.39, 0.29) is 5.91 Å². The van der Waals surface area contributed by atoms with Crippen LogP contribution >= 0.6 is 11.8 Å². The predicted octanol–water partition coefficient (Wildman–Crippen LogP) is 2.40. The number of esters is 1. The van der Waals surface area contributed by atoms with Crippen molar-refractivity contribution in [2.75, 3.05) is 13.4 Å². The monoisotopic (exact) mass is 281 g/mol. The van der Waals surface area contributed by atoms with Crippen molar-refractivity contribution < 1.29 is 14.3 Å². The lowest BCUT2D eigenvalue weighted by molar-refractivity contribution is -0.146. The zero-order valence-electron chi connectivity index (χ0n) is 11.9. The molecule has 0 aliphatic rings. The molecule has 1 aromatic rings. The molecule has 1 amide bonds. The van der Waals surface area contributed by atoms with Crippen LogP contribution in [0.2, 0.25) is 0 Å². The summed E-state index contributed by atoms with van der Waals surface area (Å²) in [4.78, 5) is 24.8. The number of nitrogens with one attached hydrogen (secondary N) is 1. The van der Waals surface area contributed by atoms with Crippen LogP contribution in [0.25, 0.3) is 0 Å². The Hall–Kier alpha value is -1.49. The van der Waals surface area contributed by atoms with Crippen molar-refractivity contribution in [2.24, 2.45) is 0 Å². The summed E-state index contributed by atoms with van der Waals surface area (Å²) in [7, 11) is 1.30. The van der Waals surface area contributed by atoms with Gasteiger partial charge in [0.25, 0.3) is 5.91 Å². The van der Waals surface area contributed by atoms with E-state index in [0.717, 1.165) is 10.5 Å². The summed E-state index contributed by atoms with van der Waals surface area (Å²) in [5.41, 5.74) is 0.396. The molecule has 0 bridgehead atoms. The maximum Gasteiger partial charge on any atom is 0.330 e. The molecule has 19 heavy (non-hydrogen) atoms. The van der Waals surface area contributed by atoms with Gasteiger partial charge in [-0.25, -0.2) is 4.79 Å². The van der Waals surface area contributed by atoms with Gasteiger partial charge in [-0.3, -0.25) is 4.79 Å². The summed E-state index contributed by atoms with van der Waals surface area (Å²) in [6.07, 6.45) is 1.95. The molecule has 0 aliphatic heterocycles. The third kappa shape index (κ3) is 3.73. The zero-order valence-corrected chi connectivity index (χ0v) is 12.7. The van der Waals surface area contributed by atoms with E-state index in [0.29, 0.717) is 5.56 Å². The van der Waals surface area contributed by atoms with Crippen molar-refractivity contribution >= 4 is 23.6 Å². The molecule has 1 rings (SSSR count). The van der Waals surface area contributed by atoms with Crippen LogP contribution in [0.1, 0.15) is 29.8 Å². The smallest absolute Gasteiger partial charge is 0.330 e. The summed E-state index contributed by atoms with van der Waals surface area (Å²) < 4.78 is 4.67.